The van der Waals surface area contributed by atoms with E-state index in [1.165, 1.54) is 10.6 Å². The number of pyridine rings is 1. The SMILES string of the molecule is CC(CCO)CNC(=O)c1cnc2ccccn2c1=O. The second kappa shape index (κ2) is 6.29. The zero-order valence-electron chi connectivity index (χ0n) is 11.2. The zero-order valence-corrected chi connectivity index (χ0v) is 11.2. The van der Waals surface area contributed by atoms with Gasteiger partial charge in [-0.3, -0.25) is 14.0 Å². The summed E-state index contributed by atoms with van der Waals surface area (Å²) in [6.07, 6.45) is 3.48. The first-order valence-corrected chi connectivity index (χ1v) is 6.49. The van der Waals surface area contributed by atoms with E-state index in [-0.39, 0.29) is 23.6 Å². The number of hydrogen-bond donors (Lipinski definition) is 2. The van der Waals surface area contributed by atoms with Crippen molar-refractivity contribution in [2.45, 2.75) is 13.3 Å². The molecular formula is C14H17N3O3. The van der Waals surface area contributed by atoms with Gasteiger partial charge in [-0.15, -0.1) is 0 Å². The summed E-state index contributed by atoms with van der Waals surface area (Å²) in [4.78, 5) is 28.2. The molecule has 0 saturated heterocycles. The van der Waals surface area contributed by atoms with Gasteiger partial charge in [-0.25, -0.2) is 4.98 Å². The number of aromatic nitrogens is 2. The third-order valence-corrected chi connectivity index (χ3v) is 3.09. The lowest BCUT2D eigenvalue weighted by Crippen LogP contribution is -2.34. The highest BCUT2D eigenvalue weighted by Gasteiger charge is 2.13. The summed E-state index contributed by atoms with van der Waals surface area (Å²) in [5.41, 5.74) is 0.135. The van der Waals surface area contributed by atoms with E-state index in [0.717, 1.165) is 0 Å². The van der Waals surface area contributed by atoms with Crippen LogP contribution >= 0.6 is 0 Å². The van der Waals surface area contributed by atoms with E-state index in [1.54, 1.807) is 24.4 Å². The Morgan fingerprint density at radius 2 is 2.30 bits per heavy atom. The van der Waals surface area contributed by atoms with E-state index in [9.17, 15) is 9.59 Å². The molecule has 0 saturated carbocycles. The summed E-state index contributed by atoms with van der Waals surface area (Å²) >= 11 is 0. The molecule has 6 nitrogen and oxygen atoms in total. The Labute approximate surface area is 116 Å². The first kappa shape index (κ1) is 14.2. The molecule has 2 rings (SSSR count). The molecule has 2 N–H and O–H groups in total. The van der Waals surface area contributed by atoms with Crippen LogP contribution in [0.3, 0.4) is 0 Å². The summed E-state index contributed by atoms with van der Waals surface area (Å²) in [6.45, 7) is 2.41. The number of rotatable bonds is 5. The number of aliphatic hydroxyl groups excluding tert-OH is 1. The van der Waals surface area contributed by atoms with Gasteiger partial charge in [0.15, 0.2) is 0 Å². The van der Waals surface area contributed by atoms with Gasteiger partial charge in [0.05, 0.1) is 0 Å². The van der Waals surface area contributed by atoms with E-state index in [4.69, 9.17) is 5.11 Å². The Morgan fingerprint density at radius 3 is 3.05 bits per heavy atom. The molecule has 106 valence electrons. The molecule has 0 bridgehead atoms. The van der Waals surface area contributed by atoms with Gasteiger partial charge in [-0.2, -0.15) is 0 Å². The maximum absolute atomic E-state index is 12.2. The fraction of sp³-hybridized carbons (Fsp3) is 0.357. The Balaban J connectivity index is 2.18. The van der Waals surface area contributed by atoms with E-state index >= 15 is 0 Å². The number of carbonyl (C=O) groups excluding carboxylic acids is 1. The average molecular weight is 275 g/mol. The maximum atomic E-state index is 12.2. The van der Waals surface area contributed by atoms with Gasteiger partial charge in [0.1, 0.15) is 11.2 Å². The highest BCUT2D eigenvalue weighted by Crippen LogP contribution is 2.00. The molecule has 1 unspecified atom stereocenters. The Bertz CT molecular complexity index is 666. The smallest absolute Gasteiger partial charge is 0.270 e. The second-order valence-electron chi connectivity index (χ2n) is 4.73. The van der Waals surface area contributed by atoms with E-state index in [0.29, 0.717) is 18.6 Å². The zero-order chi connectivity index (χ0) is 14.5. The molecule has 0 aromatic carbocycles. The standard InChI is InChI=1S/C14H17N3O3/c1-10(5-7-18)8-16-13(19)11-9-15-12-4-2-3-6-17(12)14(11)20/h2-4,6,9-10,18H,5,7-8H2,1H3,(H,16,19). The summed E-state index contributed by atoms with van der Waals surface area (Å²) in [5, 5.41) is 11.5. The lowest BCUT2D eigenvalue weighted by molar-refractivity contribution is 0.0943. The normalized spacial score (nSPS) is 12.3. The number of aliphatic hydroxyl groups is 1. The molecule has 20 heavy (non-hydrogen) atoms. The highest BCUT2D eigenvalue weighted by molar-refractivity contribution is 5.93. The van der Waals surface area contributed by atoms with Gasteiger partial charge >= 0.3 is 0 Å². The predicted octanol–water partition coefficient (Wildman–Crippen LogP) is 0.443. The largest absolute Gasteiger partial charge is 0.396 e. The van der Waals surface area contributed by atoms with Crippen molar-refractivity contribution in [3.05, 3.63) is 46.5 Å². The van der Waals surface area contributed by atoms with Crippen molar-refractivity contribution in [1.82, 2.24) is 14.7 Å². The van der Waals surface area contributed by atoms with E-state index < -0.39 is 5.91 Å². The average Bonchev–Trinajstić information content (AvgIpc) is 2.46. The van der Waals surface area contributed by atoms with Crippen molar-refractivity contribution in [1.29, 1.82) is 0 Å². The molecule has 2 aromatic rings. The monoisotopic (exact) mass is 275 g/mol. The third-order valence-electron chi connectivity index (χ3n) is 3.09. The lowest BCUT2D eigenvalue weighted by Gasteiger charge is -2.11. The van der Waals surface area contributed by atoms with Crippen molar-refractivity contribution < 1.29 is 9.90 Å². The van der Waals surface area contributed by atoms with Crippen LogP contribution in [0.2, 0.25) is 0 Å². The van der Waals surface area contributed by atoms with Crippen molar-refractivity contribution in [3.8, 4) is 0 Å². The molecule has 1 amide bonds. The molecular weight excluding hydrogens is 258 g/mol. The summed E-state index contributed by atoms with van der Waals surface area (Å²) in [5.74, 6) is -0.286. The maximum Gasteiger partial charge on any atom is 0.270 e. The van der Waals surface area contributed by atoms with Crippen molar-refractivity contribution >= 4 is 11.6 Å². The van der Waals surface area contributed by atoms with Gasteiger partial charge in [0.2, 0.25) is 0 Å². The van der Waals surface area contributed by atoms with Crippen LogP contribution < -0.4 is 10.9 Å². The molecule has 0 fully saturated rings. The van der Waals surface area contributed by atoms with Crippen LogP contribution in [-0.2, 0) is 0 Å². The fourth-order valence-electron chi connectivity index (χ4n) is 1.87. The molecule has 0 spiro atoms. The number of fused-ring (bicyclic) bond motifs is 1. The van der Waals surface area contributed by atoms with Crippen molar-refractivity contribution in [2.24, 2.45) is 5.92 Å². The number of carbonyl (C=O) groups is 1. The van der Waals surface area contributed by atoms with Gasteiger partial charge in [0, 0.05) is 25.5 Å². The quantitative estimate of drug-likeness (QED) is 0.829. The molecule has 0 aliphatic carbocycles. The van der Waals surface area contributed by atoms with Crippen LogP contribution in [0, 0.1) is 5.92 Å². The van der Waals surface area contributed by atoms with Crippen LogP contribution in [0.1, 0.15) is 23.7 Å². The lowest BCUT2D eigenvalue weighted by atomic mass is 10.1. The van der Waals surface area contributed by atoms with Gasteiger partial charge in [0.25, 0.3) is 11.5 Å². The first-order chi connectivity index (χ1) is 9.63. The van der Waals surface area contributed by atoms with Crippen LogP contribution in [0.25, 0.3) is 5.65 Å². The predicted molar refractivity (Wildman–Crippen MR) is 74.7 cm³/mol. The molecule has 6 heteroatoms. The van der Waals surface area contributed by atoms with Gasteiger partial charge in [-0.1, -0.05) is 13.0 Å². The molecule has 2 heterocycles. The van der Waals surface area contributed by atoms with E-state index in [1.807, 2.05) is 6.92 Å². The minimum atomic E-state index is -0.439. The fourth-order valence-corrected chi connectivity index (χ4v) is 1.87. The highest BCUT2D eigenvalue weighted by atomic mass is 16.3. The summed E-state index contributed by atoms with van der Waals surface area (Å²) < 4.78 is 1.34. The number of hydrogen-bond acceptors (Lipinski definition) is 4. The topological polar surface area (TPSA) is 83.7 Å². The summed E-state index contributed by atoms with van der Waals surface area (Å²) in [6, 6.07) is 5.19. The Morgan fingerprint density at radius 1 is 1.50 bits per heavy atom. The first-order valence-electron chi connectivity index (χ1n) is 6.49. The van der Waals surface area contributed by atoms with Crippen molar-refractivity contribution in [2.75, 3.05) is 13.2 Å². The second-order valence-corrected chi connectivity index (χ2v) is 4.73. The Kier molecular flexibility index (Phi) is 4.47. The number of nitrogens with one attached hydrogen (secondary N) is 1. The number of amides is 1. The van der Waals surface area contributed by atoms with Crippen LogP contribution in [0.4, 0.5) is 0 Å². The van der Waals surface area contributed by atoms with Crippen LogP contribution in [0.15, 0.2) is 35.4 Å². The third kappa shape index (κ3) is 3.03. The minimum Gasteiger partial charge on any atom is -0.396 e. The molecule has 1 atom stereocenters. The van der Waals surface area contributed by atoms with E-state index in [2.05, 4.69) is 10.3 Å². The molecule has 0 radical (unpaired) electrons. The van der Waals surface area contributed by atoms with Crippen LogP contribution in [-0.4, -0.2) is 33.6 Å². The van der Waals surface area contributed by atoms with Gasteiger partial charge in [-0.05, 0) is 24.5 Å². The van der Waals surface area contributed by atoms with Crippen molar-refractivity contribution in [3.63, 3.8) is 0 Å². The molecule has 0 aliphatic rings. The number of nitrogens with zero attached hydrogens (tertiary/aromatic N) is 2. The van der Waals surface area contributed by atoms with Gasteiger partial charge < -0.3 is 10.4 Å². The molecule has 2 aromatic heterocycles. The molecule has 0 aliphatic heterocycles. The summed E-state index contributed by atoms with van der Waals surface area (Å²) in [7, 11) is 0. The minimum absolute atomic E-state index is 0.0184. The van der Waals surface area contributed by atoms with Crippen LogP contribution in [0.5, 0.6) is 0 Å². The Hall–Kier alpha value is -2.21.